The molecule has 17 heavy (non-hydrogen) atoms. The van der Waals surface area contributed by atoms with E-state index in [0.29, 0.717) is 0 Å². The quantitative estimate of drug-likeness (QED) is 0.858. The van der Waals surface area contributed by atoms with E-state index in [4.69, 9.17) is 9.15 Å². The van der Waals surface area contributed by atoms with Crippen LogP contribution in [0.5, 0.6) is 5.75 Å². The first-order valence-corrected chi connectivity index (χ1v) is 5.68. The van der Waals surface area contributed by atoms with Crippen molar-refractivity contribution in [3.63, 3.8) is 0 Å². The molecular weight excluding hydrogens is 214 g/mol. The van der Waals surface area contributed by atoms with Crippen LogP contribution in [0.15, 0.2) is 47.3 Å². The predicted octanol–water partition coefficient (Wildman–Crippen LogP) is 3.14. The van der Waals surface area contributed by atoms with Gasteiger partial charge in [0.2, 0.25) is 0 Å². The first kappa shape index (κ1) is 11.7. The molecule has 1 unspecified atom stereocenters. The van der Waals surface area contributed by atoms with E-state index in [9.17, 15) is 0 Å². The van der Waals surface area contributed by atoms with E-state index >= 15 is 0 Å². The van der Waals surface area contributed by atoms with Crippen LogP contribution in [0.2, 0.25) is 0 Å². The highest BCUT2D eigenvalue weighted by Gasteiger charge is 2.10. The van der Waals surface area contributed by atoms with E-state index in [2.05, 4.69) is 18.3 Å². The summed E-state index contributed by atoms with van der Waals surface area (Å²) in [6, 6.07) is 10.2. The Hall–Kier alpha value is -1.74. The van der Waals surface area contributed by atoms with Crippen LogP contribution in [0.1, 0.15) is 24.1 Å². The molecule has 0 aliphatic heterocycles. The molecule has 1 N–H and O–H groups in total. The molecule has 1 aromatic carbocycles. The van der Waals surface area contributed by atoms with Gasteiger partial charge in [0, 0.05) is 23.7 Å². The fourth-order valence-corrected chi connectivity index (χ4v) is 1.80. The number of furan rings is 1. The molecule has 0 fully saturated rings. The second-order valence-electron chi connectivity index (χ2n) is 3.98. The summed E-state index contributed by atoms with van der Waals surface area (Å²) in [4.78, 5) is 0. The van der Waals surface area contributed by atoms with E-state index in [1.165, 1.54) is 5.56 Å². The van der Waals surface area contributed by atoms with Crippen LogP contribution in [0.4, 0.5) is 0 Å². The Balaban J connectivity index is 2.01. The summed E-state index contributed by atoms with van der Waals surface area (Å²) < 4.78 is 10.4. The van der Waals surface area contributed by atoms with Crippen LogP contribution in [0.25, 0.3) is 0 Å². The molecule has 0 saturated heterocycles. The first-order chi connectivity index (χ1) is 8.31. The molecular formula is C14H17NO2. The Bertz CT molecular complexity index is 451. The van der Waals surface area contributed by atoms with Gasteiger partial charge >= 0.3 is 0 Å². The zero-order valence-electron chi connectivity index (χ0n) is 10.1. The lowest BCUT2D eigenvalue weighted by Gasteiger charge is -2.16. The van der Waals surface area contributed by atoms with Crippen molar-refractivity contribution in [2.75, 3.05) is 7.11 Å². The maximum absolute atomic E-state index is 5.34. The molecule has 2 aromatic rings. The summed E-state index contributed by atoms with van der Waals surface area (Å²) in [7, 11) is 1.70. The predicted molar refractivity (Wildman–Crippen MR) is 67.0 cm³/mol. The van der Waals surface area contributed by atoms with E-state index in [0.717, 1.165) is 17.9 Å². The Kier molecular flexibility index (Phi) is 3.83. The van der Waals surface area contributed by atoms with Crippen molar-refractivity contribution in [2.24, 2.45) is 0 Å². The Morgan fingerprint density at radius 1 is 1.29 bits per heavy atom. The Morgan fingerprint density at radius 3 is 2.82 bits per heavy atom. The van der Waals surface area contributed by atoms with Gasteiger partial charge in [0.15, 0.2) is 0 Å². The van der Waals surface area contributed by atoms with Gasteiger partial charge in [-0.2, -0.15) is 0 Å². The molecule has 0 bridgehead atoms. The number of benzene rings is 1. The third kappa shape index (κ3) is 2.88. The molecule has 0 aliphatic carbocycles. The topological polar surface area (TPSA) is 34.4 Å². The summed E-state index contributed by atoms with van der Waals surface area (Å²) in [5, 5.41) is 3.44. The van der Waals surface area contributed by atoms with Crippen LogP contribution in [-0.4, -0.2) is 7.11 Å². The van der Waals surface area contributed by atoms with E-state index in [-0.39, 0.29) is 6.04 Å². The van der Waals surface area contributed by atoms with E-state index in [1.807, 2.05) is 24.3 Å². The number of ether oxygens (including phenoxy) is 1. The summed E-state index contributed by atoms with van der Waals surface area (Å²) in [6.07, 6.45) is 3.44. The average molecular weight is 231 g/mol. The minimum Gasteiger partial charge on any atom is -0.496 e. The summed E-state index contributed by atoms with van der Waals surface area (Å²) in [5.74, 6) is 0.916. The lowest BCUT2D eigenvalue weighted by atomic mass is 10.1. The first-order valence-electron chi connectivity index (χ1n) is 5.68. The molecule has 0 radical (unpaired) electrons. The maximum atomic E-state index is 5.34. The fraction of sp³-hybridized carbons (Fsp3) is 0.286. The standard InChI is InChI=1S/C14H17NO2/c1-11(15-9-12-7-8-17-10-12)13-5-3-4-6-14(13)16-2/h3-8,10-11,15H,9H2,1-2H3. The van der Waals surface area contributed by atoms with Gasteiger partial charge in [0.05, 0.1) is 19.6 Å². The highest BCUT2D eigenvalue weighted by atomic mass is 16.5. The minimum atomic E-state index is 0.237. The third-order valence-electron chi connectivity index (χ3n) is 2.80. The number of nitrogens with one attached hydrogen (secondary N) is 1. The molecule has 3 heteroatoms. The maximum Gasteiger partial charge on any atom is 0.123 e. The van der Waals surface area contributed by atoms with Crippen molar-refractivity contribution in [3.8, 4) is 5.75 Å². The van der Waals surface area contributed by atoms with Gasteiger partial charge < -0.3 is 14.5 Å². The SMILES string of the molecule is COc1ccccc1C(C)NCc1ccoc1. The van der Waals surface area contributed by atoms with Crippen molar-refractivity contribution >= 4 is 0 Å². The fourth-order valence-electron chi connectivity index (χ4n) is 1.80. The van der Waals surface area contributed by atoms with Crippen molar-refractivity contribution in [1.82, 2.24) is 5.32 Å². The zero-order valence-corrected chi connectivity index (χ0v) is 10.1. The minimum absolute atomic E-state index is 0.237. The summed E-state index contributed by atoms with van der Waals surface area (Å²) in [5.41, 5.74) is 2.31. The lowest BCUT2D eigenvalue weighted by molar-refractivity contribution is 0.401. The van der Waals surface area contributed by atoms with E-state index < -0.39 is 0 Å². The monoisotopic (exact) mass is 231 g/mol. The number of methoxy groups -OCH3 is 1. The van der Waals surface area contributed by atoms with Crippen molar-refractivity contribution in [3.05, 3.63) is 54.0 Å². The molecule has 1 heterocycles. The summed E-state index contributed by atoms with van der Waals surface area (Å²) in [6.45, 7) is 2.91. The zero-order chi connectivity index (χ0) is 12.1. The number of para-hydroxylation sites is 1. The van der Waals surface area contributed by atoms with Crippen LogP contribution in [0.3, 0.4) is 0 Å². The lowest BCUT2D eigenvalue weighted by Crippen LogP contribution is -2.18. The molecule has 3 nitrogen and oxygen atoms in total. The van der Waals surface area contributed by atoms with Gasteiger partial charge in [-0.25, -0.2) is 0 Å². The number of hydrogen-bond donors (Lipinski definition) is 1. The second-order valence-corrected chi connectivity index (χ2v) is 3.98. The largest absolute Gasteiger partial charge is 0.496 e. The van der Waals surface area contributed by atoms with Crippen LogP contribution in [-0.2, 0) is 6.54 Å². The van der Waals surface area contributed by atoms with Crippen LogP contribution >= 0.6 is 0 Å². The van der Waals surface area contributed by atoms with Gasteiger partial charge in [0.1, 0.15) is 5.75 Å². The van der Waals surface area contributed by atoms with Gasteiger partial charge in [-0.3, -0.25) is 0 Å². The van der Waals surface area contributed by atoms with Gasteiger partial charge in [-0.05, 0) is 19.1 Å². The Labute approximate surface area is 101 Å². The van der Waals surface area contributed by atoms with Gasteiger partial charge in [-0.15, -0.1) is 0 Å². The molecule has 1 aromatic heterocycles. The second kappa shape index (κ2) is 5.55. The molecule has 1 atom stereocenters. The smallest absolute Gasteiger partial charge is 0.123 e. The molecule has 90 valence electrons. The molecule has 0 spiro atoms. The third-order valence-corrected chi connectivity index (χ3v) is 2.80. The molecule has 2 rings (SSSR count). The molecule has 0 aliphatic rings. The number of hydrogen-bond acceptors (Lipinski definition) is 3. The van der Waals surface area contributed by atoms with E-state index in [1.54, 1.807) is 19.6 Å². The number of rotatable bonds is 5. The van der Waals surface area contributed by atoms with Crippen molar-refractivity contribution in [1.29, 1.82) is 0 Å². The van der Waals surface area contributed by atoms with Gasteiger partial charge in [0.25, 0.3) is 0 Å². The highest BCUT2D eigenvalue weighted by Crippen LogP contribution is 2.24. The van der Waals surface area contributed by atoms with Crippen LogP contribution in [0, 0.1) is 0 Å². The Morgan fingerprint density at radius 2 is 2.12 bits per heavy atom. The highest BCUT2D eigenvalue weighted by molar-refractivity contribution is 5.35. The van der Waals surface area contributed by atoms with Crippen molar-refractivity contribution in [2.45, 2.75) is 19.5 Å². The normalized spacial score (nSPS) is 12.4. The van der Waals surface area contributed by atoms with Crippen LogP contribution < -0.4 is 10.1 Å². The van der Waals surface area contributed by atoms with Crippen molar-refractivity contribution < 1.29 is 9.15 Å². The average Bonchev–Trinajstić information content (AvgIpc) is 2.89. The molecule has 0 amide bonds. The molecule has 0 saturated carbocycles. The van der Waals surface area contributed by atoms with Gasteiger partial charge in [-0.1, -0.05) is 18.2 Å². The summed E-state index contributed by atoms with van der Waals surface area (Å²) >= 11 is 0.